The van der Waals surface area contributed by atoms with E-state index >= 15 is 0 Å². The zero-order valence-corrected chi connectivity index (χ0v) is 15.6. The molecule has 0 saturated heterocycles. The maximum atomic E-state index is 13.8. The number of amides is 1. The van der Waals surface area contributed by atoms with Crippen molar-refractivity contribution in [3.8, 4) is 16.9 Å². The van der Waals surface area contributed by atoms with Gasteiger partial charge in [-0.1, -0.05) is 48.5 Å². The minimum absolute atomic E-state index is 0.0363. The van der Waals surface area contributed by atoms with E-state index in [4.69, 9.17) is 4.74 Å². The highest BCUT2D eigenvalue weighted by molar-refractivity contribution is 5.97. The first-order chi connectivity index (χ1) is 14.0. The number of benzene rings is 3. The molecular weight excluding hydrogens is 373 g/mol. The van der Waals surface area contributed by atoms with Gasteiger partial charge in [0, 0.05) is 11.5 Å². The van der Waals surface area contributed by atoms with Crippen molar-refractivity contribution in [3.05, 3.63) is 83.2 Å². The quantitative estimate of drug-likeness (QED) is 0.480. The molecule has 1 aliphatic rings. The summed E-state index contributed by atoms with van der Waals surface area (Å²) in [5.74, 6) is -2.25. The van der Waals surface area contributed by atoms with Crippen molar-refractivity contribution in [3.63, 3.8) is 0 Å². The normalized spacial score (nSPS) is 12.2. The van der Waals surface area contributed by atoms with E-state index in [1.54, 1.807) is 0 Å². The van der Waals surface area contributed by atoms with Crippen LogP contribution in [0.1, 0.15) is 34.3 Å². The smallest absolute Gasteiger partial charge is 0.411 e. The predicted octanol–water partition coefficient (Wildman–Crippen LogP) is 5.09. The van der Waals surface area contributed by atoms with E-state index in [0.29, 0.717) is 0 Å². The van der Waals surface area contributed by atoms with Gasteiger partial charge in [-0.2, -0.15) is 0 Å². The van der Waals surface area contributed by atoms with Crippen molar-refractivity contribution in [2.45, 2.75) is 12.8 Å². The van der Waals surface area contributed by atoms with Gasteiger partial charge in [-0.3, -0.25) is 10.1 Å². The maximum Gasteiger partial charge on any atom is 0.411 e. The third-order valence-electron chi connectivity index (χ3n) is 5.05. The number of phenolic OH excluding ortho intramolecular Hbond substituents is 1. The van der Waals surface area contributed by atoms with Crippen LogP contribution in [-0.2, 0) is 4.74 Å². The number of Topliss-reactive ketones (excluding diaryl/α,β-unsaturated/α-hetero) is 1. The Morgan fingerprint density at radius 1 is 1.03 bits per heavy atom. The van der Waals surface area contributed by atoms with E-state index in [2.05, 4.69) is 5.32 Å². The summed E-state index contributed by atoms with van der Waals surface area (Å²) in [7, 11) is 0. The molecular formula is C23H18FNO4. The number of carbonyl (C=O) groups excluding carboxylic acids is 2. The molecule has 0 radical (unpaired) electrons. The molecule has 2 N–H and O–H groups in total. The molecule has 0 heterocycles. The summed E-state index contributed by atoms with van der Waals surface area (Å²) in [4.78, 5) is 23.8. The van der Waals surface area contributed by atoms with Gasteiger partial charge in [0.2, 0.25) is 0 Å². The highest BCUT2D eigenvalue weighted by atomic mass is 19.1. The largest absolute Gasteiger partial charge is 0.503 e. The van der Waals surface area contributed by atoms with Crippen LogP contribution in [0.25, 0.3) is 11.1 Å². The average Bonchev–Trinajstić information content (AvgIpc) is 3.03. The Balaban J connectivity index is 1.52. The van der Waals surface area contributed by atoms with Crippen LogP contribution in [-0.4, -0.2) is 23.6 Å². The van der Waals surface area contributed by atoms with E-state index in [1.165, 1.54) is 13.0 Å². The fraction of sp³-hybridized carbons (Fsp3) is 0.130. The molecule has 0 fully saturated rings. The molecule has 3 aromatic rings. The van der Waals surface area contributed by atoms with Gasteiger partial charge >= 0.3 is 6.09 Å². The standard InChI is InChI=1S/C23H18FNO4/c1-13(26)14-10-20(24)22(27)21(11-14)25-23(28)29-12-19-17-8-4-2-6-15(17)16-7-3-5-9-18(16)19/h2-11,19,27H,12H2,1H3,(H,25,28). The second-order valence-corrected chi connectivity index (χ2v) is 6.86. The number of carbonyl (C=O) groups is 2. The summed E-state index contributed by atoms with van der Waals surface area (Å²) < 4.78 is 19.2. The molecule has 0 aliphatic heterocycles. The van der Waals surface area contributed by atoms with Gasteiger partial charge in [0.05, 0.1) is 5.69 Å². The number of fused-ring (bicyclic) bond motifs is 3. The Labute approximate surface area is 166 Å². The van der Waals surface area contributed by atoms with Crippen LogP contribution in [0.3, 0.4) is 0 Å². The van der Waals surface area contributed by atoms with Crippen LogP contribution < -0.4 is 5.32 Å². The van der Waals surface area contributed by atoms with Crippen LogP contribution in [0.5, 0.6) is 5.75 Å². The maximum absolute atomic E-state index is 13.8. The van der Waals surface area contributed by atoms with E-state index in [1.807, 2.05) is 48.5 Å². The number of halogens is 1. The summed E-state index contributed by atoms with van der Waals surface area (Å²) >= 11 is 0. The highest BCUT2D eigenvalue weighted by Crippen LogP contribution is 2.44. The molecule has 0 unspecified atom stereocenters. The number of ether oxygens (including phenoxy) is 1. The molecule has 6 heteroatoms. The number of aromatic hydroxyl groups is 1. The lowest BCUT2D eigenvalue weighted by Gasteiger charge is -2.15. The zero-order valence-electron chi connectivity index (χ0n) is 15.6. The molecule has 146 valence electrons. The topological polar surface area (TPSA) is 75.6 Å². The average molecular weight is 391 g/mol. The molecule has 0 bridgehead atoms. The van der Waals surface area contributed by atoms with Gasteiger partial charge in [-0.05, 0) is 41.3 Å². The van der Waals surface area contributed by atoms with Crippen LogP contribution in [0.4, 0.5) is 14.9 Å². The molecule has 0 saturated carbocycles. The number of hydrogen-bond donors (Lipinski definition) is 2. The lowest BCUT2D eigenvalue weighted by atomic mass is 9.98. The number of anilines is 1. The van der Waals surface area contributed by atoms with Gasteiger partial charge in [0.1, 0.15) is 6.61 Å². The number of nitrogens with one attached hydrogen (secondary N) is 1. The molecule has 3 aromatic carbocycles. The van der Waals surface area contributed by atoms with Crippen LogP contribution >= 0.6 is 0 Å². The second kappa shape index (κ2) is 7.39. The van der Waals surface area contributed by atoms with Gasteiger partial charge in [-0.15, -0.1) is 0 Å². The molecule has 0 aromatic heterocycles. The van der Waals surface area contributed by atoms with Gasteiger partial charge < -0.3 is 9.84 Å². The molecule has 1 aliphatic carbocycles. The summed E-state index contributed by atoms with van der Waals surface area (Å²) in [5.41, 5.74) is 4.15. The summed E-state index contributed by atoms with van der Waals surface area (Å²) in [5, 5.41) is 12.2. The third kappa shape index (κ3) is 3.45. The molecule has 29 heavy (non-hydrogen) atoms. The fourth-order valence-electron chi connectivity index (χ4n) is 3.64. The lowest BCUT2D eigenvalue weighted by molar-refractivity contribution is 0.101. The van der Waals surface area contributed by atoms with Crippen molar-refractivity contribution in [2.75, 3.05) is 11.9 Å². The first-order valence-corrected chi connectivity index (χ1v) is 9.11. The molecule has 0 atom stereocenters. The van der Waals surface area contributed by atoms with Gasteiger partial charge in [0.15, 0.2) is 17.3 Å². The molecule has 4 rings (SSSR count). The van der Waals surface area contributed by atoms with Crippen LogP contribution in [0.15, 0.2) is 60.7 Å². The van der Waals surface area contributed by atoms with Crippen LogP contribution in [0.2, 0.25) is 0 Å². The Hall–Kier alpha value is -3.67. The van der Waals surface area contributed by atoms with E-state index < -0.39 is 17.7 Å². The summed E-state index contributed by atoms with van der Waals surface area (Å²) in [6.45, 7) is 1.35. The zero-order chi connectivity index (χ0) is 20.5. The van der Waals surface area contributed by atoms with Crippen molar-refractivity contribution in [1.82, 2.24) is 0 Å². The highest BCUT2D eigenvalue weighted by Gasteiger charge is 2.29. The SMILES string of the molecule is CC(=O)c1cc(F)c(O)c(NC(=O)OCC2c3ccccc3-c3ccccc32)c1. The van der Waals surface area contributed by atoms with Crippen molar-refractivity contribution in [2.24, 2.45) is 0 Å². The number of phenols is 1. The Morgan fingerprint density at radius 3 is 2.21 bits per heavy atom. The van der Waals surface area contributed by atoms with E-state index in [0.717, 1.165) is 28.3 Å². The first kappa shape index (κ1) is 18.7. The van der Waals surface area contributed by atoms with Crippen molar-refractivity contribution < 1.29 is 23.8 Å². The second-order valence-electron chi connectivity index (χ2n) is 6.86. The van der Waals surface area contributed by atoms with Crippen molar-refractivity contribution in [1.29, 1.82) is 0 Å². The number of hydrogen-bond acceptors (Lipinski definition) is 4. The number of rotatable bonds is 4. The Kier molecular flexibility index (Phi) is 4.76. The van der Waals surface area contributed by atoms with Crippen molar-refractivity contribution >= 4 is 17.6 Å². The fourth-order valence-corrected chi connectivity index (χ4v) is 3.64. The minimum atomic E-state index is -0.994. The molecule has 1 amide bonds. The Bertz CT molecular complexity index is 1080. The predicted molar refractivity (Wildman–Crippen MR) is 107 cm³/mol. The van der Waals surface area contributed by atoms with Crippen LogP contribution in [0, 0.1) is 5.82 Å². The molecule has 5 nitrogen and oxygen atoms in total. The monoisotopic (exact) mass is 391 g/mol. The van der Waals surface area contributed by atoms with Gasteiger partial charge in [0.25, 0.3) is 0 Å². The third-order valence-corrected chi connectivity index (χ3v) is 5.05. The lowest BCUT2D eigenvalue weighted by Crippen LogP contribution is -2.18. The first-order valence-electron chi connectivity index (χ1n) is 9.11. The van der Waals surface area contributed by atoms with Gasteiger partial charge in [-0.25, -0.2) is 9.18 Å². The summed E-state index contributed by atoms with van der Waals surface area (Å²) in [6.07, 6.45) is -0.845. The minimum Gasteiger partial charge on any atom is -0.503 e. The Morgan fingerprint density at radius 2 is 1.62 bits per heavy atom. The number of ketones is 1. The van der Waals surface area contributed by atoms with E-state index in [9.17, 15) is 19.1 Å². The van der Waals surface area contributed by atoms with E-state index in [-0.39, 0.29) is 29.6 Å². The molecule has 0 spiro atoms. The summed E-state index contributed by atoms with van der Waals surface area (Å²) in [6, 6.07) is 18.0.